The highest BCUT2D eigenvalue weighted by Crippen LogP contribution is 2.42. The summed E-state index contributed by atoms with van der Waals surface area (Å²) in [7, 11) is 0. The van der Waals surface area contributed by atoms with E-state index >= 15 is 0 Å². The molecule has 0 spiro atoms. The highest BCUT2D eigenvalue weighted by Gasteiger charge is 2.28. The second kappa shape index (κ2) is 68.8. The second-order valence-corrected chi connectivity index (χ2v) is 44.3. The predicted octanol–water partition coefficient (Wildman–Crippen LogP) is 41.3. The van der Waals surface area contributed by atoms with Crippen LogP contribution in [0.5, 0.6) is 0 Å². The first-order valence-electron chi connectivity index (χ1n) is 56.8. The largest absolute Gasteiger partial charge is 0.204 e. The van der Waals surface area contributed by atoms with E-state index in [1.165, 1.54) is 400 Å². The van der Waals surface area contributed by atoms with Crippen LogP contribution in [0.2, 0.25) is 0 Å². The molecule has 0 unspecified atom stereocenters. The molecule has 14 heteroatoms. The molecule has 14 rings (SSSR count). The van der Waals surface area contributed by atoms with Crippen LogP contribution in [0, 0.1) is 164 Å². The van der Waals surface area contributed by atoms with E-state index in [-0.39, 0.29) is 0 Å². The van der Waals surface area contributed by atoms with Crippen LogP contribution >= 0.6 is 0 Å². The minimum absolute atomic E-state index is 0.714. The molecule has 784 valence electrons. The molecule has 7 saturated carbocycles. The maximum absolute atomic E-state index is 13.2. The number of halogens is 14. The molecule has 7 fully saturated rings. The van der Waals surface area contributed by atoms with Gasteiger partial charge in [-0.2, -0.15) is 0 Å². The molecule has 7 aliphatic carbocycles. The number of benzene rings is 7. The van der Waals surface area contributed by atoms with Crippen LogP contribution in [-0.4, -0.2) is 0 Å². The molecule has 0 heterocycles. The first kappa shape index (κ1) is 119. The zero-order chi connectivity index (χ0) is 101. The van der Waals surface area contributed by atoms with Gasteiger partial charge in [0, 0.05) is 0 Å². The Balaban J connectivity index is 0.000000200. The molecule has 0 N–H and O–H groups in total. The van der Waals surface area contributed by atoms with E-state index in [1.807, 2.05) is 0 Å². The zero-order valence-corrected chi connectivity index (χ0v) is 87.5. The topological polar surface area (TPSA) is 0 Å². The van der Waals surface area contributed by atoms with Crippen molar-refractivity contribution in [3.05, 3.63) is 248 Å². The van der Waals surface area contributed by atoms with E-state index in [9.17, 15) is 61.5 Å². The Morgan fingerprint density at radius 1 is 0.157 bits per heavy atom. The van der Waals surface area contributed by atoms with E-state index < -0.39 is 81.4 Å². The summed E-state index contributed by atoms with van der Waals surface area (Å²) in [6, 6.07) is 30.1. The van der Waals surface area contributed by atoms with Gasteiger partial charge < -0.3 is 0 Å². The van der Waals surface area contributed by atoms with Gasteiger partial charge in [0.05, 0.1) is 0 Å². The summed E-state index contributed by atoms with van der Waals surface area (Å²) in [4.78, 5) is 0. The summed E-state index contributed by atoms with van der Waals surface area (Å²) in [5.41, 5.74) is 6.49. The van der Waals surface area contributed by atoms with E-state index in [2.05, 4.69) is 48.5 Å². The normalized spacial score (nSPS) is 22.9. The Bertz CT molecular complexity index is 4400. The average molecular weight is 1960 g/mol. The standard InChI is InChI=1S/C21H32F2.C20H30F2.C19H28F2.C18H26F2.C17H24F2.C16H22F2.C15H20F2/c1-2-3-4-5-6-7-17-8-10-18(11-9-17)12-13-19-14-15-20(22)21(23)16-19;1-2-3-4-5-6-16-7-9-17(10-8-16)11-12-18-13-14-19(21)20(22)15-18;1-2-3-4-5-15-6-8-16(9-7-15)10-11-17-12-13-18(20)19(21)14-17;1-2-3-4-14-5-7-15(8-6-14)9-10-16-11-12-17(19)18(20)13-16;1-2-3-13-4-6-14(7-5-13)8-9-15-10-11-16(18)17(19)12-15;1-2-12-3-5-13(6-4-12)7-8-14-9-10-15(17)16(18)11-14;1-11-2-4-12(5-3-11)6-7-13-8-9-14(16)15(17)10-13/h14-18H,2-13H2,1H3;13-17H,2-12H2,1H3;12-16H,2-11H2,1H3;11-15H,2-10H2,1H3;10-14H,2-9H2,1H3;9-13H,2-8H2,1H3;8-12H,2-7H2,1H3/t;;;;;;11-,12-. The van der Waals surface area contributed by atoms with Crippen LogP contribution in [-0.2, 0) is 44.9 Å². The summed E-state index contributed by atoms with van der Waals surface area (Å²) < 4.78 is 182. The van der Waals surface area contributed by atoms with Crippen LogP contribution in [0.15, 0.2) is 127 Å². The number of rotatable bonds is 42. The molecule has 7 aromatic rings. The molecule has 0 saturated heterocycles. The monoisotopic (exact) mass is 1960 g/mol. The lowest BCUT2D eigenvalue weighted by Crippen LogP contribution is -2.15. The van der Waals surface area contributed by atoms with E-state index in [0.717, 1.165) is 212 Å². The number of hydrogen-bond donors (Lipinski definition) is 0. The summed E-state index contributed by atoms with van der Waals surface area (Å²) >= 11 is 0. The van der Waals surface area contributed by atoms with Gasteiger partial charge in [-0.3, -0.25) is 0 Å². The van der Waals surface area contributed by atoms with Crippen LogP contribution in [0.1, 0.15) is 447 Å². The van der Waals surface area contributed by atoms with Gasteiger partial charge in [-0.1, -0.05) is 406 Å². The summed E-state index contributed by atoms with van der Waals surface area (Å²) in [5, 5.41) is 0. The molecule has 0 aromatic heterocycles. The number of hydrogen-bond acceptors (Lipinski definition) is 0. The summed E-state index contributed by atoms with van der Waals surface area (Å²) in [6.07, 6.45) is 80.1. The van der Waals surface area contributed by atoms with E-state index in [1.54, 1.807) is 42.5 Å². The molecular weight excluding hydrogens is 1780 g/mol. The van der Waals surface area contributed by atoms with Crippen molar-refractivity contribution in [3.63, 3.8) is 0 Å². The number of aryl methyl sites for hydroxylation is 7. The van der Waals surface area contributed by atoms with Crippen LogP contribution in [0.4, 0.5) is 61.5 Å². The first-order valence-corrected chi connectivity index (χ1v) is 56.8. The molecule has 140 heavy (non-hydrogen) atoms. The Morgan fingerprint density at radius 2 is 0.314 bits per heavy atom. The third-order valence-corrected chi connectivity index (χ3v) is 33.3. The van der Waals surface area contributed by atoms with Crippen molar-refractivity contribution in [2.24, 2.45) is 82.9 Å². The molecule has 0 amide bonds. The van der Waals surface area contributed by atoms with Crippen molar-refractivity contribution in [2.75, 3.05) is 0 Å². The smallest absolute Gasteiger partial charge is 0.159 e. The highest BCUT2D eigenvalue weighted by atomic mass is 19.2. The Kier molecular flexibility index (Phi) is 58.4. The van der Waals surface area contributed by atoms with Gasteiger partial charge in [-0.05, 0) is 297 Å². The van der Waals surface area contributed by atoms with Gasteiger partial charge >= 0.3 is 0 Å². The highest BCUT2D eigenvalue weighted by molar-refractivity contribution is 5.24. The molecule has 0 aliphatic heterocycles. The van der Waals surface area contributed by atoms with Gasteiger partial charge in [0.25, 0.3) is 0 Å². The molecule has 7 aromatic carbocycles. The third-order valence-electron chi connectivity index (χ3n) is 33.3. The van der Waals surface area contributed by atoms with Gasteiger partial charge in [-0.15, -0.1) is 0 Å². The maximum atomic E-state index is 13.2. The fraction of sp³-hybridized carbons (Fsp3) is 0.667. The van der Waals surface area contributed by atoms with Crippen molar-refractivity contribution >= 4 is 0 Å². The summed E-state index contributed by atoms with van der Waals surface area (Å²) in [6.45, 7) is 15.9. The maximum Gasteiger partial charge on any atom is 0.159 e. The first-order chi connectivity index (χ1) is 67.8. The SMILES string of the molecule is CCC1CCC(CCc2ccc(F)c(F)c2)CC1.CCCC1CCC(CCc2ccc(F)c(F)c2)CC1.CCCCC1CCC(CCc2ccc(F)c(F)c2)CC1.CCCCCC1CCC(CCc2ccc(F)c(F)c2)CC1.CCCCCCC1CCC(CCc2ccc(F)c(F)c2)CC1.CCCCCCCC1CCC(CCc2ccc(F)c(F)c2)CC1.C[C@H]1CC[C@H](CCc2ccc(F)c(F)c2)CC1. The molecular formula is C126H182F14. The summed E-state index contributed by atoms with van der Waals surface area (Å²) in [5.74, 6) is 1.69. The van der Waals surface area contributed by atoms with Gasteiger partial charge in [0.15, 0.2) is 81.4 Å². The van der Waals surface area contributed by atoms with Gasteiger partial charge in [-0.25, -0.2) is 61.5 Å². The van der Waals surface area contributed by atoms with Crippen LogP contribution < -0.4 is 0 Å². The molecule has 0 radical (unpaired) electrons. The molecule has 7 aliphatic rings. The van der Waals surface area contributed by atoms with Crippen molar-refractivity contribution in [3.8, 4) is 0 Å². The van der Waals surface area contributed by atoms with Crippen molar-refractivity contribution < 1.29 is 61.5 Å². The van der Waals surface area contributed by atoms with Crippen LogP contribution in [0.25, 0.3) is 0 Å². The molecule has 0 nitrogen and oxygen atoms in total. The van der Waals surface area contributed by atoms with E-state index in [0.29, 0.717) is 0 Å². The van der Waals surface area contributed by atoms with Gasteiger partial charge in [0.1, 0.15) is 0 Å². The van der Waals surface area contributed by atoms with Crippen molar-refractivity contribution in [1.82, 2.24) is 0 Å². The lowest BCUT2D eigenvalue weighted by Gasteiger charge is -2.28. The lowest BCUT2D eigenvalue weighted by atomic mass is 9.77. The Labute approximate surface area is 840 Å². The fourth-order valence-corrected chi connectivity index (χ4v) is 23.5. The average Bonchev–Trinajstić information content (AvgIpc) is 0.888. The van der Waals surface area contributed by atoms with Crippen LogP contribution in [0.3, 0.4) is 0 Å². The minimum Gasteiger partial charge on any atom is -0.204 e. The van der Waals surface area contributed by atoms with Crippen molar-refractivity contribution in [2.45, 2.75) is 453 Å². The quantitative estimate of drug-likeness (QED) is 0.0264. The third kappa shape index (κ3) is 47.8. The Morgan fingerprint density at radius 3 is 0.507 bits per heavy atom. The molecule has 0 bridgehead atoms. The molecule has 0 atom stereocenters. The van der Waals surface area contributed by atoms with Gasteiger partial charge in [0.2, 0.25) is 0 Å². The second-order valence-electron chi connectivity index (χ2n) is 44.3. The number of unbranched alkanes of at least 4 members (excludes halogenated alkanes) is 10. The predicted molar refractivity (Wildman–Crippen MR) is 558 cm³/mol. The Hall–Kier alpha value is -6.44. The zero-order valence-electron chi connectivity index (χ0n) is 87.5. The van der Waals surface area contributed by atoms with Crippen molar-refractivity contribution in [1.29, 1.82) is 0 Å². The fourth-order valence-electron chi connectivity index (χ4n) is 23.5. The van der Waals surface area contributed by atoms with E-state index in [4.69, 9.17) is 0 Å². The lowest BCUT2D eigenvalue weighted by molar-refractivity contribution is 0.248. The minimum atomic E-state index is -0.750.